The Morgan fingerprint density at radius 2 is 1.67 bits per heavy atom. The molecule has 0 aromatic heterocycles. The van der Waals surface area contributed by atoms with Crippen LogP contribution in [0, 0.1) is 11.6 Å². The first-order chi connectivity index (χ1) is 14.5. The number of rotatable bonds is 4. The molecule has 0 unspecified atom stereocenters. The van der Waals surface area contributed by atoms with E-state index >= 15 is 0 Å². The van der Waals surface area contributed by atoms with Gasteiger partial charge in [-0.05, 0) is 66.2 Å². The Balaban J connectivity index is 1.48. The van der Waals surface area contributed by atoms with Gasteiger partial charge in [-0.15, -0.1) is 0 Å². The summed E-state index contributed by atoms with van der Waals surface area (Å²) in [6, 6.07) is 16.9. The van der Waals surface area contributed by atoms with Crippen LogP contribution in [0.15, 0.2) is 83.5 Å². The zero-order valence-corrected chi connectivity index (χ0v) is 15.3. The molecule has 1 heterocycles. The second-order valence-electron chi connectivity index (χ2n) is 6.31. The van der Waals surface area contributed by atoms with Crippen LogP contribution in [0.5, 0.6) is 5.75 Å². The van der Waals surface area contributed by atoms with Gasteiger partial charge in [0.1, 0.15) is 17.4 Å². The van der Waals surface area contributed by atoms with Crippen molar-refractivity contribution in [2.75, 3.05) is 0 Å². The maximum atomic E-state index is 13.4. The highest BCUT2D eigenvalue weighted by Gasteiger charge is 2.24. The Hall–Kier alpha value is -4.13. The van der Waals surface area contributed by atoms with E-state index < -0.39 is 23.6 Å². The predicted molar refractivity (Wildman–Crippen MR) is 105 cm³/mol. The molecule has 3 aromatic carbocycles. The van der Waals surface area contributed by atoms with Crippen molar-refractivity contribution in [1.29, 1.82) is 0 Å². The number of carbonyl (C=O) groups excluding carboxylic acids is 2. The van der Waals surface area contributed by atoms with Crippen molar-refractivity contribution in [3.63, 3.8) is 0 Å². The van der Waals surface area contributed by atoms with Gasteiger partial charge >= 0.3 is 11.9 Å². The quantitative estimate of drug-likeness (QED) is 0.364. The maximum absolute atomic E-state index is 13.4. The van der Waals surface area contributed by atoms with Gasteiger partial charge < -0.3 is 9.47 Å². The minimum Gasteiger partial charge on any atom is -0.423 e. The van der Waals surface area contributed by atoms with E-state index in [1.165, 1.54) is 48.5 Å². The Bertz CT molecular complexity index is 1180. The van der Waals surface area contributed by atoms with Crippen molar-refractivity contribution in [3.8, 4) is 5.75 Å². The lowest BCUT2D eigenvalue weighted by Gasteiger charge is -2.04. The van der Waals surface area contributed by atoms with E-state index in [1.807, 2.05) is 0 Å². The third-order valence-electron chi connectivity index (χ3n) is 4.17. The number of halogens is 2. The highest BCUT2D eigenvalue weighted by Crippen LogP contribution is 2.21. The lowest BCUT2D eigenvalue weighted by molar-refractivity contribution is -0.129. The van der Waals surface area contributed by atoms with Crippen LogP contribution in [0.2, 0.25) is 0 Å². The summed E-state index contributed by atoms with van der Waals surface area (Å²) in [5.74, 6) is -1.88. The summed E-state index contributed by atoms with van der Waals surface area (Å²) in [6.07, 6.45) is 1.50. The largest absolute Gasteiger partial charge is 0.423 e. The van der Waals surface area contributed by atoms with Gasteiger partial charge in [0.05, 0.1) is 5.56 Å². The molecule has 0 N–H and O–H groups in total. The van der Waals surface area contributed by atoms with Crippen LogP contribution in [0.4, 0.5) is 8.78 Å². The number of nitrogens with zero attached hydrogens (tertiary/aromatic N) is 1. The van der Waals surface area contributed by atoms with Crippen LogP contribution in [-0.2, 0) is 9.53 Å². The Kier molecular flexibility index (Phi) is 5.17. The van der Waals surface area contributed by atoms with E-state index in [0.717, 1.165) is 0 Å². The molecule has 7 heteroatoms. The standard InChI is InChI=1S/C23H13F2NO4/c24-17-8-6-15(7-9-17)22(27)29-19-10-4-14(5-11-19)12-20-23(28)30-21(26-20)16-2-1-3-18(25)13-16/h1-13H/b20-12+. The highest BCUT2D eigenvalue weighted by atomic mass is 19.1. The molecule has 0 bridgehead atoms. The fourth-order valence-corrected chi connectivity index (χ4v) is 2.70. The predicted octanol–water partition coefficient (Wildman–Crippen LogP) is 4.53. The van der Waals surface area contributed by atoms with Gasteiger partial charge in [-0.2, -0.15) is 0 Å². The topological polar surface area (TPSA) is 65.0 Å². The van der Waals surface area contributed by atoms with Gasteiger partial charge in [0, 0.05) is 5.56 Å². The Labute approximate surface area is 169 Å². The molecule has 0 atom stereocenters. The van der Waals surface area contributed by atoms with Crippen molar-refractivity contribution in [1.82, 2.24) is 0 Å². The van der Waals surface area contributed by atoms with Crippen molar-refractivity contribution in [3.05, 3.63) is 107 Å². The molecule has 0 saturated heterocycles. The van der Waals surface area contributed by atoms with Crippen molar-refractivity contribution < 1.29 is 27.8 Å². The average Bonchev–Trinajstić information content (AvgIpc) is 3.10. The Morgan fingerprint density at radius 1 is 0.933 bits per heavy atom. The summed E-state index contributed by atoms with van der Waals surface area (Å²) < 4.78 is 36.6. The van der Waals surface area contributed by atoms with Crippen LogP contribution in [0.1, 0.15) is 21.5 Å². The summed E-state index contributed by atoms with van der Waals surface area (Å²) in [4.78, 5) is 28.2. The summed E-state index contributed by atoms with van der Waals surface area (Å²) in [7, 11) is 0. The summed E-state index contributed by atoms with van der Waals surface area (Å²) in [5, 5.41) is 0. The molecule has 0 amide bonds. The number of hydrogen-bond donors (Lipinski definition) is 0. The fraction of sp³-hybridized carbons (Fsp3) is 0. The van der Waals surface area contributed by atoms with Crippen LogP contribution in [-0.4, -0.2) is 17.8 Å². The van der Waals surface area contributed by atoms with Crippen LogP contribution in [0.25, 0.3) is 6.08 Å². The summed E-state index contributed by atoms with van der Waals surface area (Å²) >= 11 is 0. The van der Waals surface area contributed by atoms with Gasteiger partial charge in [-0.3, -0.25) is 0 Å². The number of ether oxygens (including phenoxy) is 2. The molecule has 0 fully saturated rings. The van der Waals surface area contributed by atoms with Crippen molar-refractivity contribution >= 4 is 23.9 Å². The highest BCUT2D eigenvalue weighted by molar-refractivity contribution is 6.12. The molecule has 148 valence electrons. The fourth-order valence-electron chi connectivity index (χ4n) is 2.70. The molecule has 0 spiro atoms. The van der Waals surface area contributed by atoms with Gasteiger partial charge in [0.15, 0.2) is 5.70 Å². The Morgan fingerprint density at radius 3 is 2.37 bits per heavy atom. The van der Waals surface area contributed by atoms with E-state index in [1.54, 1.807) is 30.3 Å². The van der Waals surface area contributed by atoms with E-state index in [9.17, 15) is 18.4 Å². The normalized spacial score (nSPS) is 14.4. The second-order valence-corrected chi connectivity index (χ2v) is 6.31. The van der Waals surface area contributed by atoms with Crippen LogP contribution in [0.3, 0.4) is 0 Å². The molecule has 30 heavy (non-hydrogen) atoms. The first kappa shape index (κ1) is 19.2. The molecule has 0 radical (unpaired) electrons. The first-order valence-electron chi connectivity index (χ1n) is 8.84. The molecular formula is C23H13F2NO4. The SMILES string of the molecule is O=C1OC(c2cccc(F)c2)=N/C1=C/c1ccc(OC(=O)c2ccc(F)cc2)cc1. The molecule has 0 saturated carbocycles. The van der Waals surface area contributed by atoms with Gasteiger partial charge in [-0.25, -0.2) is 23.4 Å². The van der Waals surface area contributed by atoms with Gasteiger partial charge in [0.25, 0.3) is 0 Å². The van der Waals surface area contributed by atoms with Crippen LogP contribution >= 0.6 is 0 Å². The van der Waals surface area contributed by atoms with Crippen molar-refractivity contribution in [2.45, 2.75) is 0 Å². The van der Waals surface area contributed by atoms with E-state index in [4.69, 9.17) is 9.47 Å². The van der Waals surface area contributed by atoms with Gasteiger partial charge in [0.2, 0.25) is 5.90 Å². The van der Waals surface area contributed by atoms with Gasteiger partial charge in [-0.1, -0.05) is 18.2 Å². The molecular weight excluding hydrogens is 392 g/mol. The maximum Gasteiger partial charge on any atom is 0.363 e. The second kappa shape index (κ2) is 8.08. The molecule has 1 aliphatic heterocycles. The lowest BCUT2D eigenvalue weighted by Crippen LogP contribution is -2.08. The number of aliphatic imine (C=N–C) groups is 1. The van der Waals surface area contributed by atoms with E-state index in [-0.39, 0.29) is 22.9 Å². The minimum atomic E-state index is -0.652. The van der Waals surface area contributed by atoms with E-state index in [0.29, 0.717) is 11.1 Å². The summed E-state index contributed by atoms with van der Waals surface area (Å²) in [5.41, 5.74) is 1.25. The third kappa shape index (κ3) is 4.30. The molecule has 5 nitrogen and oxygen atoms in total. The molecule has 1 aliphatic rings. The molecule has 4 rings (SSSR count). The zero-order chi connectivity index (χ0) is 21.1. The van der Waals surface area contributed by atoms with E-state index in [2.05, 4.69) is 4.99 Å². The zero-order valence-electron chi connectivity index (χ0n) is 15.3. The van der Waals surface area contributed by atoms with Crippen molar-refractivity contribution in [2.24, 2.45) is 4.99 Å². The smallest absolute Gasteiger partial charge is 0.363 e. The first-order valence-corrected chi connectivity index (χ1v) is 8.84. The van der Waals surface area contributed by atoms with Crippen LogP contribution < -0.4 is 4.74 Å². The summed E-state index contributed by atoms with van der Waals surface area (Å²) in [6.45, 7) is 0. The number of carbonyl (C=O) groups is 2. The number of hydrogen-bond acceptors (Lipinski definition) is 5. The number of cyclic esters (lactones) is 1. The third-order valence-corrected chi connectivity index (χ3v) is 4.17. The monoisotopic (exact) mass is 405 g/mol. The molecule has 3 aromatic rings. The number of benzene rings is 3. The minimum absolute atomic E-state index is 0.0237. The molecule has 0 aliphatic carbocycles. The number of esters is 2. The lowest BCUT2D eigenvalue weighted by atomic mass is 10.2. The average molecular weight is 405 g/mol.